The van der Waals surface area contributed by atoms with Crippen molar-refractivity contribution in [2.75, 3.05) is 44.6 Å². The lowest BCUT2D eigenvalue weighted by molar-refractivity contribution is -0.124. The highest BCUT2D eigenvalue weighted by molar-refractivity contribution is 5.95. The van der Waals surface area contributed by atoms with Crippen LogP contribution >= 0.6 is 0 Å². The van der Waals surface area contributed by atoms with Gasteiger partial charge in [0.2, 0.25) is 5.91 Å². The van der Waals surface area contributed by atoms with Crippen molar-refractivity contribution in [3.8, 4) is 0 Å². The van der Waals surface area contributed by atoms with E-state index < -0.39 is 5.82 Å². The molecule has 0 aromatic heterocycles. The molecule has 1 heterocycles. The minimum atomic E-state index is -0.403. The Balaban J connectivity index is 1.35. The van der Waals surface area contributed by atoms with Gasteiger partial charge >= 0.3 is 0 Å². The number of aryl methyl sites for hydroxylation is 1. The summed E-state index contributed by atoms with van der Waals surface area (Å²) >= 11 is 0. The zero-order chi connectivity index (χ0) is 22.2. The molecule has 1 saturated heterocycles. The summed E-state index contributed by atoms with van der Waals surface area (Å²) in [7, 11) is 0. The number of benzene rings is 2. The molecule has 164 valence electrons. The van der Waals surface area contributed by atoms with E-state index in [9.17, 15) is 18.8 Å². The molecule has 1 aliphatic heterocycles. The average Bonchev–Trinajstić information content (AvgIpc) is 2.73. The van der Waals surface area contributed by atoms with E-state index in [1.165, 1.54) is 18.2 Å². The Hall–Kier alpha value is -3.30. The van der Waals surface area contributed by atoms with Crippen molar-refractivity contribution in [2.45, 2.75) is 6.92 Å². The molecule has 0 radical (unpaired) electrons. The van der Waals surface area contributed by atoms with Crippen molar-refractivity contribution in [3.63, 3.8) is 0 Å². The van der Waals surface area contributed by atoms with Crippen molar-refractivity contribution >= 4 is 23.4 Å². The summed E-state index contributed by atoms with van der Waals surface area (Å²) in [5, 5.41) is 2.68. The van der Waals surface area contributed by atoms with Gasteiger partial charge in [0.1, 0.15) is 5.82 Å². The monoisotopic (exact) mass is 427 g/mol. The second-order valence-electron chi connectivity index (χ2n) is 7.48. The molecule has 3 N–H and O–H groups in total. The first-order valence-corrected chi connectivity index (χ1v) is 10.0. The summed E-state index contributed by atoms with van der Waals surface area (Å²) in [6, 6.07) is 12.9. The van der Waals surface area contributed by atoms with Gasteiger partial charge in [-0.25, -0.2) is 4.39 Å². The molecule has 2 aromatic carbocycles. The van der Waals surface area contributed by atoms with Gasteiger partial charge in [0.25, 0.3) is 11.8 Å². The van der Waals surface area contributed by atoms with Gasteiger partial charge < -0.3 is 5.32 Å². The highest BCUT2D eigenvalue weighted by Crippen LogP contribution is 2.09. The number of rotatable bonds is 6. The molecule has 9 heteroatoms. The fourth-order valence-corrected chi connectivity index (χ4v) is 3.30. The lowest BCUT2D eigenvalue weighted by atomic mass is 10.1. The van der Waals surface area contributed by atoms with Crippen LogP contribution in [0.4, 0.5) is 10.1 Å². The third-order valence-corrected chi connectivity index (χ3v) is 4.90. The van der Waals surface area contributed by atoms with Crippen LogP contribution in [0.2, 0.25) is 0 Å². The smallest absolute Gasteiger partial charge is 0.269 e. The second-order valence-corrected chi connectivity index (χ2v) is 7.48. The Morgan fingerprint density at radius 3 is 2.16 bits per heavy atom. The van der Waals surface area contributed by atoms with Gasteiger partial charge in [-0.3, -0.25) is 35.0 Å². The Morgan fingerprint density at radius 1 is 0.871 bits per heavy atom. The third-order valence-electron chi connectivity index (χ3n) is 4.90. The summed E-state index contributed by atoms with van der Waals surface area (Å²) < 4.78 is 13.2. The van der Waals surface area contributed by atoms with Gasteiger partial charge in [-0.15, -0.1) is 0 Å². The molecule has 2 aromatic rings. The van der Waals surface area contributed by atoms with Crippen molar-refractivity contribution < 1.29 is 18.8 Å². The fourth-order valence-electron chi connectivity index (χ4n) is 3.30. The molecule has 31 heavy (non-hydrogen) atoms. The Bertz CT molecular complexity index is 944. The summed E-state index contributed by atoms with van der Waals surface area (Å²) in [6.07, 6.45) is 0. The van der Waals surface area contributed by atoms with Crippen molar-refractivity contribution in [1.29, 1.82) is 0 Å². The number of nitrogens with one attached hydrogen (secondary N) is 3. The highest BCUT2D eigenvalue weighted by Gasteiger charge is 2.21. The van der Waals surface area contributed by atoms with Gasteiger partial charge in [0.05, 0.1) is 13.1 Å². The number of amides is 3. The molecule has 0 spiro atoms. The first-order valence-electron chi connectivity index (χ1n) is 10.0. The largest absolute Gasteiger partial charge is 0.325 e. The van der Waals surface area contributed by atoms with Crippen LogP contribution in [-0.2, 0) is 9.59 Å². The first-order chi connectivity index (χ1) is 14.9. The van der Waals surface area contributed by atoms with Crippen LogP contribution in [0.1, 0.15) is 15.9 Å². The fraction of sp³-hybridized carbons (Fsp3) is 0.318. The molecule has 3 amide bonds. The minimum Gasteiger partial charge on any atom is -0.325 e. The second kappa shape index (κ2) is 10.6. The van der Waals surface area contributed by atoms with Gasteiger partial charge in [-0.1, -0.05) is 23.8 Å². The van der Waals surface area contributed by atoms with Crippen molar-refractivity contribution in [3.05, 3.63) is 65.5 Å². The lowest BCUT2D eigenvalue weighted by Gasteiger charge is -2.33. The number of halogens is 1. The first kappa shape index (κ1) is 22.4. The number of anilines is 1. The normalized spacial score (nSPS) is 14.6. The topological polar surface area (TPSA) is 93.8 Å². The maximum Gasteiger partial charge on any atom is 0.269 e. The quantitative estimate of drug-likeness (QED) is 0.602. The van der Waals surface area contributed by atoms with Crippen molar-refractivity contribution in [2.24, 2.45) is 0 Å². The molecular weight excluding hydrogens is 401 g/mol. The zero-order valence-corrected chi connectivity index (χ0v) is 17.4. The van der Waals surface area contributed by atoms with E-state index >= 15 is 0 Å². The molecule has 1 aliphatic rings. The Labute approximate surface area is 180 Å². The number of carbonyl (C=O) groups is 3. The van der Waals surface area contributed by atoms with Crippen LogP contribution in [0.15, 0.2) is 48.5 Å². The minimum absolute atomic E-state index is 0.150. The van der Waals surface area contributed by atoms with E-state index in [0.29, 0.717) is 37.4 Å². The predicted molar refractivity (Wildman–Crippen MR) is 115 cm³/mol. The number of nitrogens with zero attached hydrogens (tertiary/aromatic N) is 2. The van der Waals surface area contributed by atoms with Crippen LogP contribution < -0.4 is 16.2 Å². The van der Waals surface area contributed by atoms with E-state index in [2.05, 4.69) is 16.2 Å². The SMILES string of the molecule is Cc1cccc(C(=O)NNC(=O)CN2CCN(CC(=O)Nc3cccc(F)c3)CC2)c1. The molecule has 8 nitrogen and oxygen atoms in total. The molecule has 0 aliphatic carbocycles. The molecule has 0 atom stereocenters. The van der Waals surface area contributed by atoms with Crippen LogP contribution in [-0.4, -0.2) is 66.8 Å². The van der Waals surface area contributed by atoms with Crippen molar-refractivity contribution in [1.82, 2.24) is 20.7 Å². The zero-order valence-electron chi connectivity index (χ0n) is 17.4. The number of hydrazine groups is 1. The lowest BCUT2D eigenvalue weighted by Crippen LogP contribution is -2.52. The molecule has 0 bridgehead atoms. The predicted octanol–water partition coefficient (Wildman–Crippen LogP) is 1.15. The molecule has 0 saturated carbocycles. The van der Waals surface area contributed by atoms with Gasteiger partial charge in [-0.2, -0.15) is 0 Å². The van der Waals surface area contributed by atoms with E-state index in [1.54, 1.807) is 24.3 Å². The third kappa shape index (κ3) is 7.16. The van der Waals surface area contributed by atoms with Gasteiger partial charge in [0, 0.05) is 37.4 Å². The van der Waals surface area contributed by atoms with Crippen LogP contribution in [0.3, 0.4) is 0 Å². The summed E-state index contributed by atoms with van der Waals surface area (Å²) in [4.78, 5) is 40.3. The molecule has 0 unspecified atom stereocenters. The van der Waals surface area contributed by atoms with E-state index in [1.807, 2.05) is 22.8 Å². The molecule has 3 rings (SSSR count). The Morgan fingerprint density at radius 2 is 1.52 bits per heavy atom. The highest BCUT2D eigenvalue weighted by atomic mass is 19.1. The maximum absolute atomic E-state index is 13.2. The summed E-state index contributed by atoms with van der Waals surface area (Å²) in [5.74, 6) is -1.29. The molecular formula is C22H26FN5O3. The Kier molecular flexibility index (Phi) is 7.69. The summed E-state index contributed by atoms with van der Waals surface area (Å²) in [6.45, 7) is 4.72. The number of hydrogen-bond acceptors (Lipinski definition) is 5. The van der Waals surface area contributed by atoms with E-state index in [4.69, 9.17) is 0 Å². The van der Waals surface area contributed by atoms with Crippen LogP contribution in [0.25, 0.3) is 0 Å². The van der Waals surface area contributed by atoms with Gasteiger partial charge in [-0.05, 0) is 37.3 Å². The van der Waals surface area contributed by atoms with Gasteiger partial charge in [0.15, 0.2) is 0 Å². The average molecular weight is 427 g/mol. The molecule has 1 fully saturated rings. The van der Waals surface area contributed by atoms with E-state index in [0.717, 1.165) is 5.56 Å². The number of piperazine rings is 1. The maximum atomic E-state index is 13.2. The van der Waals surface area contributed by atoms with Crippen LogP contribution in [0, 0.1) is 12.7 Å². The van der Waals surface area contributed by atoms with Crippen LogP contribution in [0.5, 0.6) is 0 Å². The number of carbonyl (C=O) groups excluding carboxylic acids is 3. The standard InChI is InChI=1S/C22H26FN5O3/c1-16-4-2-5-17(12-16)22(31)26-25-21(30)15-28-10-8-27(9-11-28)14-20(29)24-19-7-3-6-18(23)13-19/h2-7,12-13H,8-11,14-15H2,1H3,(H,24,29)(H,25,30)(H,26,31). The number of hydrogen-bond donors (Lipinski definition) is 3. The summed E-state index contributed by atoms with van der Waals surface area (Å²) in [5.41, 5.74) is 6.72. The van der Waals surface area contributed by atoms with E-state index in [-0.39, 0.29) is 30.8 Å².